The lowest BCUT2D eigenvalue weighted by Gasteiger charge is -2.18. The summed E-state index contributed by atoms with van der Waals surface area (Å²) in [6.07, 6.45) is 48.7. The van der Waals surface area contributed by atoms with Gasteiger partial charge in [0.25, 0.3) is 0 Å². The van der Waals surface area contributed by atoms with E-state index < -0.39 is 6.10 Å². The Hall–Kier alpha value is -2.37. The Morgan fingerprint density at radius 3 is 1.13 bits per heavy atom. The first kappa shape index (κ1) is 51.6. The molecule has 1 atom stereocenters. The summed E-state index contributed by atoms with van der Waals surface area (Å²) in [5.41, 5.74) is 0. The lowest BCUT2D eigenvalue weighted by molar-refractivity contribution is -0.167. The summed E-state index contributed by atoms with van der Waals surface area (Å²) < 4.78 is 16.6. The van der Waals surface area contributed by atoms with Crippen LogP contribution in [0.2, 0.25) is 0 Å². The Balaban J connectivity index is 4.25. The first-order valence-electron chi connectivity index (χ1n) is 23.0. The minimum absolute atomic E-state index is 0.0814. The van der Waals surface area contributed by atoms with E-state index in [0.717, 1.165) is 83.5 Å². The van der Waals surface area contributed by atoms with Crippen molar-refractivity contribution in [1.29, 1.82) is 0 Å². The molecule has 0 bridgehead atoms. The van der Waals surface area contributed by atoms with Gasteiger partial charge in [-0.05, 0) is 51.4 Å². The monoisotopic (exact) mass is 759 g/mol. The van der Waals surface area contributed by atoms with Crippen molar-refractivity contribution >= 4 is 17.9 Å². The Labute approximate surface area is 334 Å². The van der Waals surface area contributed by atoms with Crippen LogP contribution in [-0.2, 0) is 28.6 Å². The van der Waals surface area contributed by atoms with Gasteiger partial charge in [0, 0.05) is 19.3 Å². The van der Waals surface area contributed by atoms with E-state index in [0.29, 0.717) is 19.3 Å². The molecular formula is C48H86O6. The van der Waals surface area contributed by atoms with E-state index in [-0.39, 0.29) is 31.1 Å². The zero-order valence-corrected chi connectivity index (χ0v) is 35.7. The highest BCUT2D eigenvalue weighted by molar-refractivity contribution is 5.71. The third-order valence-corrected chi connectivity index (χ3v) is 9.91. The topological polar surface area (TPSA) is 78.9 Å². The van der Waals surface area contributed by atoms with E-state index in [1.54, 1.807) is 0 Å². The number of allylic oxidation sites excluding steroid dienone is 6. The molecule has 54 heavy (non-hydrogen) atoms. The largest absolute Gasteiger partial charge is 0.462 e. The molecule has 6 nitrogen and oxygen atoms in total. The average Bonchev–Trinajstić information content (AvgIpc) is 3.17. The first-order chi connectivity index (χ1) is 26.5. The molecular weight excluding hydrogens is 673 g/mol. The molecule has 0 rings (SSSR count). The van der Waals surface area contributed by atoms with Crippen molar-refractivity contribution in [1.82, 2.24) is 0 Å². The van der Waals surface area contributed by atoms with Gasteiger partial charge in [0.1, 0.15) is 13.2 Å². The van der Waals surface area contributed by atoms with Crippen molar-refractivity contribution in [2.75, 3.05) is 13.2 Å². The molecule has 0 spiro atoms. The Morgan fingerprint density at radius 1 is 0.389 bits per heavy atom. The molecule has 0 saturated carbocycles. The van der Waals surface area contributed by atoms with Crippen LogP contribution in [0, 0.1) is 0 Å². The second kappa shape index (κ2) is 43.4. The average molecular weight is 759 g/mol. The summed E-state index contributed by atoms with van der Waals surface area (Å²) in [6, 6.07) is 0. The molecule has 0 saturated heterocycles. The van der Waals surface area contributed by atoms with Crippen LogP contribution in [0.15, 0.2) is 36.5 Å². The molecule has 0 aliphatic carbocycles. The predicted octanol–water partition coefficient (Wildman–Crippen LogP) is 14.6. The van der Waals surface area contributed by atoms with Crippen molar-refractivity contribution in [3.8, 4) is 0 Å². The van der Waals surface area contributed by atoms with E-state index in [1.165, 1.54) is 109 Å². The minimum atomic E-state index is -0.779. The second-order valence-corrected chi connectivity index (χ2v) is 15.3. The minimum Gasteiger partial charge on any atom is -0.462 e. The Morgan fingerprint density at radius 2 is 0.722 bits per heavy atom. The predicted molar refractivity (Wildman–Crippen MR) is 229 cm³/mol. The molecule has 0 radical (unpaired) electrons. The zero-order chi connectivity index (χ0) is 39.4. The number of carbonyl (C=O) groups excluding carboxylic acids is 3. The first-order valence-corrected chi connectivity index (χ1v) is 23.0. The lowest BCUT2D eigenvalue weighted by atomic mass is 10.0. The van der Waals surface area contributed by atoms with Crippen LogP contribution in [0.4, 0.5) is 0 Å². The fourth-order valence-electron chi connectivity index (χ4n) is 6.46. The van der Waals surface area contributed by atoms with Crippen LogP contribution >= 0.6 is 0 Å². The maximum Gasteiger partial charge on any atom is 0.306 e. The number of carbonyl (C=O) groups is 3. The molecule has 1 unspecified atom stereocenters. The van der Waals surface area contributed by atoms with E-state index in [1.807, 2.05) is 0 Å². The quantitative estimate of drug-likeness (QED) is 0.0267. The van der Waals surface area contributed by atoms with Gasteiger partial charge in [0.05, 0.1) is 0 Å². The van der Waals surface area contributed by atoms with Gasteiger partial charge in [-0.3, -0.25) is 14.4 Å². The second-order valence-electron chi connectivity index (χ2n) is 15.3. The van der Waals surface area contributed by atoms with Crippen molar-refractivity contribution in [3.05, 3.63) is 36.5 Å². The summed E-state index contributed by atoms with van der Waals surface area (Å²) in [7, 11) is 0. The maximum absolute atomic E-state index is 12.7. The van der Waals surface area contributed by atoms with E-state index in [2.05, 4.69) is 57.2 Å². The van der Waals surface area contributed by atoms with E-state index in [4.69, 9.17) is 14.2 Å². The number of rotatable bonds is 41. The SMILES string of the molecule is CC/C=C\C/C=C\C/C=C\CCCCCC(=O)OC(COC(=O)CCCCCCCC)COC(=O)CCCCCCCCCCCCCCCCCCC. The van der Waals surface area contributed by atoms with Gasteiger partial charge in [-0.15, -0.1) is 0 Å². The van der Waals surface area contributed by atoms with Gasteiger partial charge in [-0.25, -0.2) is 0 Å². The molecule has 314 valence electrons. The number of hydrogen-bond donors (Lipinski definition) is 0. The molecule has 0 heterocycles. The zero-order valence-electron chi connectivity index (χ0n) is 35.7. The number of esters is 3. The van der Waals surface area contributed by atoms with E-state index >= 15 is 0 Å². The third kappa shape index (κ3) is 40.8. The van der Waals surface area contributed by atoms with Crippen molar-refractivity contribution in [3.63, 3.8) is 0 Å². The standard InChI is InChI=1S/C48H86O6/c1-4-7-10-13-16-18-20-22-23-24-25-27-28-30-32-35-38-41-47(50)53-44-45(43-52-46(49)40-37-34-15-12-9-6-3)54-48(51)42-39-36-33-31-29-26-21-19-17-14-11-8-5-2/h8,11,17,19,26,29,45H,4-7,9-10,12-16,18,20-25,27-28,30-44H2,1-3H3/b11-8-,19-17-,29-26-. The molecule has 6 heteroatoms. The summed E-state index contributed by atoms with van der Waals surface area (Å²) in [5.74, 6) is -0.917. The summed E-state index contributed by atoms with van der Waals surface area (Å²) in [4.78, 5) is 37.5. The van der Waals surface area contributed by atoms with Crippen LogP contribution in [0.1, 0.15) is 233 Å². The molecule has 0 aliphatic heterocycles. The molecule has 0 N–H and O–H groups in total. The molecule has 0 aliphatic rings. The Bertz CT molecular complexity index is 922. The van der Waals surface area contributed by atoms with Gasteiger partial charge in [-0.2, -0.15) is 0 Å². The van der Waals surface area contributed by atoms with Crippen LogP contribution in [-0.4, -0.2) is 37.2 Å². The molecule has 0 amide bonds. The highest BCUT2D eigenvalue weighted by Crippen LogP contribution is 2.15. The third-order valence-electron chi connectivity index (χ3n) is 9.91. The van der Waals surface area contributed by atoms with Gasteiger partial charge >= 0.3 is 17.9 Å². The smallest absolute Gasteiger partial charge is 0.306 e. The summed E-state index contributed by atoms with van der Waals surface area (Å²) in [5, 5.41) is 0. The van der Waals surface area contributed by atoms with Crippen LogP contribution in [0.5, 0.6) is 0 Å². The molecule has 0 aromatic rings. The number of ether oxygens (including phenoxy) is 3. The summed E-state index contributed by atoms with van der Waals surface area (Å²) in [6.45, 7) is 6.44. The number of hydrogen-bond acceptors (Lipinski definition) is 6. The van der Waals surface area contributed by atoms with E-state index in [9.17, 15) is 14.4 Å². The molecule has 0 fully saturated rings. The maximum atomic E-state index is 12.7. The molecule has 0 aromatic carbocycles. The van der Waals surface area contributed by atoms with Crippen molar-refractivity contribution in [2.24, 2.45) is 0 Å². The van der Waals surface area contributed by atoms with Gasteiger partial charge in [-0.1, -0.05) is 198 Å². The Kier molecular flexibility index (Phi) is 41.5. The normalized spacial score (nSPS) is 12.3. The van der Waals surface area contributed by atoms with Crippen LogP contribution in [0.3, 0.4) is 0 Å². The van der Waals surface area contributed by atoms with Gasteiger partial charge in [0.15, 0.2) is 6.10 Å². The molecule has 0 aromatic heterocycles. The van der Waals surface area contributed by atoms with Crippen molar-refractivity contribution < 1.29 is 28.6 Å². The van der Waals surface area contributed by atoms with Crippen LogP contribution < -0.4 is 0 Å². The lowest BCUT2D eigenvalue weighted by Crippen LogP contribution is -2.30. The fraction of sp³-hybridized carbons (Fsp3) is 0.812. The highest BCUT2D eigenvalue weighted by atomic mass is 16.6. The van der Waals surface area contributed by atoms with Gasteiger partial charge in [0.2, 0.25) is 0 Å². The summed E-state index contributed by atoms with van der Waals surface area (Å²) >= 11 is 0. The fourth-order valence-corrected chi connectivity index (χ4v) is 6.46. The van der Waals surface area contributed by atoms with Crippen LogP contribution in [0.25, 0.3) is 0 Å². The highest BCUT2D eigenvalue weighted by Gasteiger charge is 2.19. The van der Waals surface area contributed by atoms with Crippen molar-refractivity contribution in [2.45, 2.75) is 239 Å². The van der Waals surface area contributed by atoms with Gasteiger partial charge < -0.3 is 14.2 Å². The number of unbranched alkanes of at least 4 members (excludes halogenated alkanes) is 24.